The maximum atomic E-state index is 12.3. The number of methoxy groups -OCH3 is 1. The minimum atomic E-state index is -0.143. The van der Waals surface area contributed by atoms with Gasteiger partial charge in [-0.1, -0.05) is 17.7 Å². The van der Waals surface area contributed by atoms with Gasteiger partial charge in [0.2, 0.25) is 5.91 Å². The number of hydrogen-bond acceptors (Lipinski definition) is 5. The van der Waals surface area contributed by atoms with E-state index in [0.717, 1.165) is 12.1 Å². The van der Waals surface area contributed by atoms with Crippen LogP contribution in [0.1, 0.15) is 33.3 Å². The lowest BCUT2D eigenvalue weighted by Gasteiger charge is -2.30. The molecule has 158 valence electrons. The van der Waals surface area contributed by atoms with Crippen LogP contribution in [0.15, 0.2) is 36.5 Å². The summed E-state index contributed by atoms with van der Waals surface area (Å²) in [6.45, 7) is 10.0. The second-order valence-electron chi connectivity index (χ2n) is 7.35. The summed E-state index contributed by atoms with van der Waals surface area (Å²) in [6, 6.07) is 9.69. The zero-order valence-corrected chi connectivity index (χ0v) is 18.5. The van der Waals surface area contributed by atoms with E-state index in [1.807, 2.05) is 0 Å². The number of nitrogens with one attached hydrogen (secondary N) is 1. The first-order chi connectivity index (χ1) is 13.8. The van der Waals surface area contributed by atoms with Crippen molar-refractivity contribution in [2.45, 2.75) is 46.2 Å². The van der Waals surface area contributed by atoms with Gasteiger partial charge in [0.05, 0.1) is 13.5 Å². The summed E-state index contributed by atoms with van der Waals surface area (Å²) in [6.07, 6.45) is 1.81. The van der Waals surface area contributed by atoms with Gasteiger partial charge in [-0.25, -0.2) is 4.98 Å². The molecule has 0 aliphatic carbocycles. The number of rotatable bonds is 10. The monoisotopic (exact) mass is 419 g/mol. The Hall–Kier alpha value is -2.31. The summed E-state index contributed by atoms with van der Waals surface area (Å²) in [7, 11) is 1.60. The first kappa shape index (κ1) is 23.0. The summed E-state index contributed by atoms with van der Waals surface area (Å²) in [5.74, 6) is 1.09. The van der Waals surface area contributed by atoms with Crippen molar-refractivity contribution in [1.82, 2.24) is 9.88 Å². The van der Waals surface area contributed by atoms with Gasteiger partial charge in [-0.3, -0.25) is 9.69 Å². The summed E-state index contributed by atoms with van der Waals surface area (Å²) >= 11 is 5.78. The number of carbonyl (C=O) groups is 1. The van der Waals surface area contributed by atoms with E-state index >= 15 is 0 Å². The van der Waals surface area contributed by atoms with E-state index < -0.39 is 0 Å². The number of hydrogen-bond donors (Lipinski definition) is 1. The van der Waals surface area contributed by atoms with Gasteiger partial charge >= 0.3 is 0 Å². The van der Waals surface area contributed by atoms with Crippen molar-refractivity contribution in [1.29, 1.82) is 0 Å². The quantitative estimate of drug-likeness (QED) is 0.577. The van der Waals surface area contributed by atoms with E-state index in [0.29, 0.717) is 41.0 Å². The molecule has 1 amide bonds. The van der Waals surface area contributed by atoms with Crippen LogP contribution in [0.3, 0.4) is 0 Å². The Morgan fingerprint density at radius 1 is 1.14 bits per heavy atom. The number of aromatic nitrogens is 1. The number of anilines is 1. The molecule has 0 saturated carbocycles. The molecule has 1 aromatic carbocycles. The molecular formula is C22H30ClN3O3. The third-order valence-electron chi connectivity index (χ3n) is 4.53. The van der Waals surface area contributed by atoms with Crippen LogP contribution in [0.25, 0.3) is 0 Å². The van der Waals surface area contributed by atoms with Gasteiger partial charge in [-0.2, -0.15) is 0 Å². The van der Waals surface area contributed by atoms with Crippen molar-refractivity contribution in [3.8, 4) is 11.5 Å². The van der Waals surface area contributed by atoms with Crippen molar-refractivity contribution in [3.63, 3.8) is 0 Å². The Labute approximate surface area is 178 Å². The molecule has 0 atom stereocenters. The number of nitrogens with zero attached hydrogens (tertiary/aromatic N) is 2. The molecule has 1 N–H and O–H groups in total. The summed E-state index contributed by atoms with van der Waals surface area (Å²) in [4.78, 5) is 18.7. The molecule has 29 heavy (non-hydrogen) atoms. The maximum absolute atomic E-state index is 12.3. The fraction of sp³-hybridized carbons (Fsp3) is 0.455. The van der Waals surface area contributed by atoms with Crippen LogP contribution in [-0.4, -0.2) is 48.1 Å². The standard InChI is InChI=1S/C22H30ClN3O3/c1-15(2)26(16(3)4)10-11-29-20-13-18(7-8-19(20)28-5)25-22(27)12-17-6-9-21(23)24-14-17/h6-9,13-16H,10-12H2,1-5H3,(H,25,27). The van der Waals surface area contributed by atoms with E-state index in [1.54, 1.807) is 43.6 Å². The molecule has 2 aromatic rings. The SMILES string of the molecule is COc1ccc(NC(=O)Cc2ccc(Cl)nc2)cc1OCCN(C(C)C)C(C)C. The van der Waals surface area contributed by atoms with Crippen LogP contribution < -0.4 is 14.8 Å². The zero-order chi connectivity index (χ0) is 21.4. The topological polar surface area (TPSA) is 63.7 Å². The Bertz CT molecular complexity index is 786. The Balaban J connectivity index is 1.99. The fourth-order valence-corrected chi connectivity index (χ4v) is 3.25. The van der Waals surface area contributed by atoms with Crippen molar-refractivity contribution in [2.75, 3.05) is 25.6 Å². The lowest BCUT2D eigenvalue weighted by atomic mass is 10.2. The zero-order valence-electron chi connectivity index (χ0n) is 17.7. The molecule has 0 aliphatic heterocycles. The van der Waals surface area contributed by atoms with E-state index in [4.69, 9.17) is 21.1 Å². The highest BCUT2D eigenvalue weighted by Crippen LogP contribution is 2.30. The average Bonchev–Trinajstić information content (AvgIpc) is 2.66. The van der Waals surface area contributed by atoms with Gasteiger partial charge in [-0.05, 0) is 51.5 Å². The molecular weight excluding hydrogens is 390 g/mol. The number of ether oxygens (including phenoxy) is 2. The fourth-order valence-electron chi connectivity index (χ4n) is 3.14. The largest absolute Gasteiger partial charge is 0.493 e. The molecule has 0 unspecified atom stereocenters. The van der Waals surface area contributed by atoms with Crippen LogP contribution >= 0.6 is 11.6 Å². The molecule has 2 rings (SSSR count). The van der Waals surface area contributed by atoms with Gasteiger partial charge in [0.25, 0.3) is 0 Å². The maximum Gasteiger partial charge on any atom is 0.228 e. The molecule has 0 bridgehead atoms. The molecule has 6 nitrogen and oxygen atoms in total. The van der Waals surface area contributed by atoms with Crippen LogP contribution in [0.5, 0.6) is 11.5 Å². The summed E-state index contributed by atoms with van der Waals surface area (Å²) < 4.78 is 11.4. The Morgan fingerprint density at radius 3 is 2.45 bits per heavy atom. The molecule has 0 saturated heterocycles. The lowest BCUT2D eigenvalue weighted by Crippen LogP contribution is -2.39. The van der Waals surface area contributed by atoms with E-state index in [2.05, 4.69) is 42.9 Å². The van der Waals surface area contributed by atoms with Crippen LogP contribution in [0.2, 0.25) is 5.15 Å². The number of amides is 1. The summed E-state index contributed by atoms with van der Waals surface area (Å²) in [5, 5.41) is 3.29. The number of pyridine rings is 1. The molecule has 0 spiro atoms. The molecule has 7 heteroatoms. The van der Waals surface area contributed by atoms with Crippen molar-refractivity contribution < 1.29 is 14.3 Å². The lowest BCUT2D eigenvalue weighted by molar-refractivity contribution is -0.115. The molecule has 0 fully saturated rings. The van der Waals surface area contributed by atoms with Gasteiger partial charge in [0.1, 0.15) is 11.8 Å². The van der Waals surface area contributed by atoms with Crippen LogP contribution in [0.4, 0.5) is 5.69 Å². The van der Waals surface area contributed by atoms with Gasteiger partial charge in [-0.15, -0.1) is 0 Å². The second-order valence-corrected chi connectivity index (χ2v) is 7.74. The van der Waals surface area contributed by atoms with E-state index in [-0.39, 0.29) is 12.3 Å². The van der Waals surface area contributed by atoms with Gasteiger partial charge in [0.15, 0.2) is 11.5 Å². The van der Waals surface area contributed by atoms with E-state index in [9.17, 15) is 4.79 Å². The molecule has 0 radical (unpaired) electrons. The van der Waals surface area contributed by atoms with Crippen molar-refractivity contribution in [2.24, 2.45) is 0 Å². The average molecular weight is 420 g/mol. The highest BCUT2D eigenvalue weighted by molar-refractivity contribution is 6.29. The van der Waals surface area contributed by atoms with E-state index in [1.165, 1.54) is 0 Å². The number of benzene rings is 1. The minimum absolute atomic E-state index is 0.143. The smallest absolute Gasteiger partial charge is 0.228 e. The minimum Gasteiger partial charge on any atom is -0.493 e. The van der Waals surface area contributed by atoms with Crippen LogP contribution in [0, 0.1) is 0 Å². The molecule has 0 aliphatic rings. The first-order valence-electron chi connectivity index (χ1n) is 9.77. The second kappa shape index (κ2) is 11.0. The third-order valence-corrected chi connectivity index (χ3v) is 4.76. The number of halogens is 1. The number of carbonyl (C=O) groups excluding carboxylic acids is 1. The predicted molar refractivity (Wildman–Crippen MR) is 117 cm³/mol. The first-order valence-corrected chi connectivity index (χ1v) is 10.1. The van der Waals surface area contributed by atoms with Gasteiger partial charge < -0.3 is 14.8 Å². The van der Waals surface area contributed by atoms with Crippen molar-refractivity contribution in [3.05, 3.63) is 47.2 Å². The Kier molecular flexibility index (Phi) is 8.73. The normalized spacial score (nSPS) is 11.2. The third kappa shape index (κ3) is 7.22. The summed E-state index contributed by atoms with van der Waals surface area (Å²) in [5.41, 5.74) is 1.44. The van der Waals surface area contributed by atoms with Crippen molar-refractivity contribution >= 4 is 23.2 Å². The van der Waals surface area contributed by atoms with Crippen LogP contribution in [-0.2, 0) is 11.2 Å². The Morgan fingerprint density at radius 2 is 1.86 bits per heavy atom. The van der Waals surface area contributed by atoms with Gasteiger partial charge in [0, 0.05) is 36.6 Å². The molecule has 1 aromatic heterocycles. The highest BCUT2D eigenvalue weighted by Gasteiger charge is 2.14. The molecule has 1 heterocycles. The predicted octanol–water partition coefficient (Wildman–Crippen LogP) is 4.42. The highest BCUT2D eigenvalue weighted by atomic mass is 35.5.